The highest BCUT2D eigenvalue weighted by Gasteiger charge is 2.18. The van der Waals surface area contributed by atoms with Gasteiger partial charge in [0.2, 0.25) is 0 Å². The van der Waals surface area contributed by atoms with E-state index in [-0.39, 0.29) is 0 Å². The van der Waals surface area contributed by atoms with Crippen LogP contribution >= 0.6 is 15.9 Å². The summed E-state index contributed by atoms with van der Waals surface area (Å²) < 4.78 is 1.21. The Kier molecular flexibility index (Phi) is 2.96. The van der Waals surface area contributed by atoms with Gasteiger partial charge < -0.3 is 0 Å². The van der Waals surface area contributed by atoms with Gasteiger partial charge in [-0.15, -0.1) is 0 Å². The Morgan fingerprint density at radius 3 is 2.20 bits per heavy atom. The van der Waals surface area contributed by atoms with Crippen molar-refractivity contribution in [2.45, 2.75) is 32.6 Å². The third-order valence-corrected chi connectivity index (χ3v) is 3.11. The summed E-state index contributed by atoms with van der Waals surface area (Å²) in [5, 5.41) is 0. The minimum absolute atomic E-state index is 0.760. The maximum Gasteiger partial charge on any atom is -0.00902 e. The Morgan fingerprint density at radius 1 is 1.30 bits per heavy atom. The summed E-state index contributed by atoms with van der Waals surface area (Å²) in [7, 11) is 0. The van der Waals surface area contributed by atoms with E-state index in [4.69, 9.17) is 0 Å². The van der Waals surface area contributed by atoms with Crippen LogP contribution in [0.5, 0.6) is 0 Å². The maximum atomic E-state index is 3.92. The van der Waals surface area contributed by atoms with Crippen LogP contribution in [0.15, 0.2) is 11.1 Å². The summed E-state index contributed by atoms with van der Waals surface area (Å²) in [6.07, 6.45) is 5.45. The molecule has 0 unspecified atom stereocenters. The van der Waals surface area contributed by atoms with Crippen molar-refractivity contribution in [2.24, 2.45) is 11.8 Å². The number of hydrogen-bond donors (Lipinski definition) is 0. The summed E-state index contributed by atoms with van der Waals surface area (Å²) in [6.45, 7) is 6.26. The molecule has 1 fully saturated rings. The zero-order valence-electron chi connectivity index (χ0n) is 6.57. The van der Waals surface area contributed by atoms with Crippen molar-refractivity contribution >= 4 is 15.9 Å². The first-order valence-electron chi connectivity index (χ1n) is 4.04. The summed E-state index contributed by atoms with van der Waals surface area (Å²) >= 11 is 3.46. The molecule has 0 saturated heterocycles. The standard InChI is InChI=1S/C9H15Br/c1-7-3-5-9(6-4-7)8(2)10/h7,9H,2-6H2,1H3. The molecule has 0 heterocycles. The molecular weight excluding hydrogens is 188 g/mol. The number of halogens is 1. The first-order valence-corrected chi connectivity index (χ1v) is 4.83. The summed E-state index contributed by atoms with van der Waals surface area (Å²) in [6, 6.07) is 0. The molecule has 0 aromatic carbocycles. The van der Waals surface area contributed by atoms with Crippen LogP contribution in [-0.2, 0) is 0 Å². The van der Waals surface area contributed by atoms with Gasteiger partial charge >= 0.3 is 0 Å². The molecule has 1 aliphatic rings. The minimum Gasteiger partial charge on any atom is -0.0886 e. The Hall–Kier alpha value is 0.220. The van der Waals surface area contributed by atoms with Crippen molar-refractivity contribution in [1.29, 1.82) is 0 Å². The van der Waals surface area contributed by atoms with Crippen molar-refractivity contribution < 1.29 is 0 Å². The maximum absolute atomic E-state index is 3.92. The van der Waals surface area contributed by atoms with E-state index in [0.717, 1.165) is 11.8 Å². The van der Waals surface area contributed by atoms with Crippen molar-refractivity contribution in [1.82, 2.24) is 0 Å². The van der Waals surface area contributed by atoms with E-state index >= 15 is 0 Å². The van der Waals surface area contributed by atoms with E-state index in [1.807, 2.05) is 0 Å². The first kappa shape index (κ1) is 8.32. The van der Waals surface area contributed by atoms with Gasteiger partial charge in [0.15, 0.2) is 0 Å². The largest absolute Gasteiger partial charge is 0.0886 e. The lowest BCUT2D eigenvalue weighted by molar-refractivity contribution is 0.328. The smallest absolute Gasteiger partial charge is 0.00902 e. The normalized spacial score (nSPS) is 33.8. The molecule has 0 aromatic heterocycles. The van der Waals surface area contributed by atoms with E-state index in [2.05, 4.69) is 29.4 Å². The molecule has 0 nitrogen and oxygen atoms in total. The second-order valence-corrected chi connectivity index (χ2v) is 4.42. The van der Waals surface area contributed by atoms with Crippen molar-refractivity contribution in [3.63, 3.8) is 0 Å². The summed E-state index contributed by atoms with van der Waals surface area (Å²) in [5.41, 5.74) is 0. The number of allylic oxidation sites excluding steroid dienone is 1. The molecule has 0 aromatic rings. The van der Waals surface area contributed by atoms with Gasteiger partial charge in [0.1, 0.15) is 0 Å². The molecule has 10 heavy (non-hydrogen) atoms. The topological polar surface area (TPSA) is 0 Å². The van der Waals surface area contributed by atoms with Crippen LogP contribution in [0, 0.1) is 11.8 Å². The fourth-order valence-electron chi connectivity index (χ4n) is 1.57. The molecule has 0 atom stereocenters. The van der Waals surface area contributed by atoms with Gasteiger partial charge in [-0.25, -0.2) is 0 Å². The van der Waals surface area contributed by atoms with E-state index in [1.165, 1.54) is 30.2 Å². The third-order valence-electron chi connectivity index (χ3n) is 2.46. The van der Waals surface area contributed by atoms with Crippen molar-refractivity contribution in [3.05, 3.63) is 11.1 Å². The average molecular weight is 203 g/mol. The lowest BCUT2D eigenvalue weighted by atomic mass is 9.83. The van der Waals surface area contributed by atoms with Crippen LogP contribution in [0.3, 0.4) is 0 Å². The highest BCUT2D eigenvalue weighted by atomic mass is 79.9. The fourth-order valence-corrected chi connectivity index (χ4v) is 2.03. The minimum atomic E-state index is 0.760. The monoisotopic (exact) mass is 202 g/mol. The van der Waals surface area contributed by atoms with E-state index in [9.17, 15) is 0 Å². The molecule has 0 N–H and O–H groups in total. The van der Waals surface area contributed by atoms with E-state index < -0.39 is 0 Å². The molecule has 58 valence electrons. The number of hydrogen-bond acceptors (Lipinski definition) is 0. The second kappa shape index (κ2) is 3.56. The van der Waals surface area contributed by atoms with E-state index in [1.54, 1.807) is 0 Å². The van der Waals surface area contributed by atoms with Gasteiger partial charge in [0.05, 0.1) is 0 Å². The van der Waals surface area contributed by atoms with Crippen LogP contribution < -0.4 is 0 Å². The quantitative estimate of drug-likeness (QED) is 0.609. The number of rotatable bonds is 1. The van der Waals surface area contributed by atoms with Crippen LogP contribution in [0.4, 0.5) is 0 Å². The molecule has 0 bridgehead atoms. The zero-order valence-corrected chi connectivity index (χ0v) is 8.15. The van der Waals surface area contributed by atoms with E-state index in [0.29, 0.717) is 0 Å². The molecule has 0 spiro atoms. The summed E-state index contributed by atoms with van der Waals surface area (Å²) in [5.74, 6) is 1.71. The molecule has 1 saturated carbocycles. The lowest BCUT2D eigenvalue weighted by Gasteiger charge is -2.25. The molecule has 0 aliphatic heterocycles. The molecule has 1 heteroatoms. The van der Waals surface area contributed by atoms with Gasteiger partial charge in [-0.05, 0) is 29.2 Å². The zero-order chi connectivity index (χ0) is 7.56. The highest BCUT2D eigenvalue weighted by molar-refractivity contribution is 9.11. The van der Waals surface area contributed by atoms with Crippen molar-refractivity contribution in [3.8, 4) is 0 Å². The first-order chi connectivity index (χ1) is 4.70. The van der Waals surface area contributed by atoms with Crippen molar-refractivity contribution in [2.75, 3.05) is 0 Å². The Balaban J connectivity index is 2.33. The molecular formula is C9H15Br. The molecule has 0 amide bonds. The van der Waals surface area contributed by atoms with Crippen LogP contribution in [0.25, 0.3) is 0 Å². The summed E-state index contributed by atoms with van der Waals surface area (Å²) in [4.78, 5) is 0. The van der Waals surface area contributed by atoms with Gasteiger partial charge in [-0.3, -0.25) is 0 Å². The molecule has 1 rings (SSSR count). The van der Waals surface area contributed by atoms with Gasteiger partial charge in [-0.2, -0.15) is 0 Å². The SMILES string of the molecule is C=C(Br)C1CCC(C)CC1. The third kappa shape index (κ3) is 2.12. The lowest BCUT2D eigenvalue weighted by Crippen LogP contribution is -2.11. The predicted octanol–water partition coefficient (Wildman–Crippen LogP) is 3.72. The van der Waals surface area contributed by atoms with Crippen LogP contribution in [0.2, 0.25) is 0 Å². The Labute approximate surface area is 71.8 Å². The second-order valence-electron chi connectivity index (χ2n) is 3.40. The van der Waals surface area contributed by atoms with Gasteiger partial charge in [0, 0.05) is 0 Å². The van der Waals surface area contributed by atoms with Gasteiger partial charge in [-0.1, -0.05) is 42.3 Å². The fraction of sp³-hybridized carbons (Fsp3) is 0.778. The average Bonchev–Trinajstić information content (AvgIpc) is 1.88. The molecule has 0 radical (unpaired) electrons. The Morgan fingerprint density at radius 2 is 1.80 bits per heavy atom. The van der Waals surface area contributed by atoms with Crippen LogP contribution in [-0.4, -0.2) is 0 Å². The predicted molar refractivity (Wildman–Crippen MR) is 49.2 cm³/mol. The van der Waals surface area contributed by atoms with Gasteiger partial charge in [0.25, 0.3) is 0 Å². The molecule has 1 aliphatic carbocycles. The van der Waals surface area contributed by atoms with Crippen LogP contribution in [0.1, 0.15) is 32.6 Å². The Bertz CT molecular complexity index is 121. The highest BCUT2D eigenvalue weighted by Crippen LogP contribution is 2.34.